The minimum atomic E-state index is -0.959. The molecule has 2 aromatic rings. The van der Waals surface area contributed by atoms with Gasteiger partial charge in [-0.25, -0.2) is 0 Å². The quantitative estimate of drug-likeness (QED) is 0.731. The van der Waals surface area contributed by atoms with E-state index in [0.717, 1.165) is 5.56 Å². The molecular formula is C19H21NO5. The first kappa shape index (κ1) is 18.3. The Hall–Kier alpha value is -3.02. The molecule has 0 heterocycles. The molecule has 0 fully saturated rings. The molecule has 0 bridgehead atoms. The molecule has 1 unspecified atom stereocenters. The maximum absolute atomic E-state index is 11.7. The lowest BCUT2D eigenvalue weighted by Crippen LogP contribution is -2.37. The molecule has 1 amide bonds. The number of carbonyl (C=O) groups is 2. The molecule has 0 aliphatic carbocycles. The summed E-state index contributed by atoms with van der Waals surface area (Å²) in [5, 5.41) is 11.2. The second-order valence-electron chi connectivity index (χ2n) is 5.60. The van der Waals surface area contributed by atoms with Crippen LogP contribution < -0.4 is 14.8 Å². The first-order valence-corrected chi connectivity index (χ1v) is 7.93. The second-order valence-corrected chi connectivity index (χ2v) is 5.60. The van der Waals surface area contributed by atoms with E-state index in [2.05, 4.69) is 5.32 Å². The van der Waals surface area contributed by atoms with Crippen molar-refractivity contribution in [2.45, 2.75) is 26.0 Å². The standard InChI is InChI=1S/C19H21NO5/c1-14(11-19(22)23)20-18(21)13-25-17-9-7-16(8-10-17)24-12-15-5-3-2-4-6-15/h2-10,14H,11-13H2,1H3,(H,20,21)(H,22,23). The zero-order valence-electron chi connectivity index (χ0n) is 14.0. The third kappa shape index (κ3) is 6.95. The van der Waals surface area contributed by atoms with Crippen LogP contribution in [0, 0.1) is 0 Å². The van der Waals surface area contributed by atoms with Gasteiger partial charge < -0.3 is 19.9 Å². The van der Waals surface area contributed by atoms with Crippen LogP contribution in [0.2, 0.25) is 0 Å². The van der Waals surface area contributed by atoms with E-state index in [1.54, 1.807) is 31.2 Å². The largest absolute Gasteiger partial charge is 0.489 e. The molecule has 25 heavy (non-hydrogen) atoms. The summed E-state index contributed by atoms with van der Waals surface area (Å²) >= 11 is 0. The first-order chi connectivity index (χ1) is 12.0. The molecule has 1 atom stereocenters. The summed E-state index contributed by atoms with van der Waals surface area (Å²) in [6.07, 6.45) is -0.126. The molecule has 0 radical (unpaired) electrons. The summed E-state index contributed by atoms with van der Waals surface area (Å²) < 4.78 is 11.0. The van der Waals surface area contributed by atoms with Gasteiger partial charge >= 0.3 is 5.97 Å². The highest BCUT2D eigenvalue weighted by atomic mass is 16.5. The predicted octanol–water partition coefficient (Wildman–Crippen LogP) is 2.62. The number of carboxylic acids is 1. The average Bonchev–Trinajstić information content (AvgIpc) is 2.59. The highest BCUT2D eigenvalue weighted by Gasteiger charge is 2.11. The number of benzene rings is 2. The van der Waals surface area contributed by atoms with Crippen molar-refractivity contribution in [2.24, 2.45) is 0 Å². The van der Waals surface area contributed by atoms with Crippen molar-refractivity contribution in [1.29, 1.82) is 0 Å². The third-order valence-electron chi connectivity index (χ3n) is 3.33. The van der Waals surface area contributed by atoms with E-state index in [9.17, 15) is 9.59 Å². The molecule has 0 aromatic heterocycles. The van der Waals surface area contributed by atoms with Gasteiger partial charge in [0, 0.05) is 6.04 Å². The van der Waals surface area contributed by atoms with Crippen LogP contribution >= 0.6 is 0 Å². The van der Waals surface area contributed by atoms with E-state index in [1.807, 2.05) is 30.3 Å². The normalized spacial score (nSPS) is 11.4. The Morgan fingerprint density at radius 3 is 2.20 bits per heavy atom. The molecule has 0 saturated carbocycles. The van der Waals surface area contributed by atoms with E-state index in [4.69, 9.17) is 14.6 Å². The summed E-state index contributed by atoms with van der Waals surface area (Å²) in [4.78, 5) is 22.2. The lowest BCUT2D eigenvalue weighted by atomic mass is 10.2. The highest BCUT2D eigenvalue weighted by molar-refractivity contribution is 5.78. The van der Waals surface area contributed by atoms with E-state index in [1.165, 1.54) is 0 Å². The molecule has 2 aromatic carbocycles. The Morgan fingerprint density at radius 1 is 1.00 bits per heavy atom. The fourth-order valence-electron chi connectivity index (χ4n) is 2.15. The lowest BCUT2D eigenvalue weighted by molar-refractivity contribution is -0.137. The van der Waals surface area contributed by atoms with Crippen LogP contribution in [0.5, 0.6) is 11.5 Å². The smallest absolute Gasteiger partial charge is 0.305 e. The fourth-order valence-corrected chi connectivity index (χ4v) is 2.15. The van der Waals surface area contributed by atoms with Gasteiger partial charge in [0.2, 0.25) is 0 Å². The Kier molecular flexibility index (Phi) is 6.83. The summed E-state index contributed by atoms with van der Waals surface area (Å²) in [6.45, 7) is 1.93. The van der Waals surface area contributed by atoms with Gasteiger partial charge in [-0.15, -0.1) is 0 Å². The van der Waals surface area contributed by atoms with E-state index >= 15 is 0 Å². The van der Waals surface area contributed by atoms with E-state index in [-0.39, 0.29) is 18.9 Å². The van der Waals surface area contributed by atoms with Gasteiger partial charge in [0.15, 0.2) is 6.61 Å². The molecule has 0 saturated heterocycles. The number of amides is 1. The second kappa shape index (κ2) is 9.32. The minimum Gasteiger partial charge on any atom is -0.489 e. The third-order valence-corrected chi connectivity index (χ3v) is 3.33. The van der Waals surface area contributed by atoms with Crippen molar-refractivity contribution in [3.05, 3.63) is 60.2 Å². The molecule has 0 aliphatic heterocycles. The fraction of sp³-hybridized carbons (Fsp3) is 0.263. The number of rotatable bonds is 9. The molecule has 0 aliphatic rings. The van der Waals surface area contributed by atoms with Crippen molar-refractivity contribution in [1.82, 2.24) is 5.32 Å². The van der Waals surface area contributed by atoms with Gasteiger partial charge in [0.1, 0.15) is 18.1 Å². The number of hydrogen-bond donors (Lipinski definition) is 2. The SMILES string of the molecule is CC(CC(=O)O)NC(=O)COc1ccc(OCc2ccccc2)cc1. The van der Waals surface area contributed by atoms with Crippen LogP contribution in [-0.2, 0) is 16.2 Å². The molecule has 6 heteroatoms. The van der Waals surface area contributed by atoms with Crippen LogP contribution in [0.25, 0.3) is 0 Å². The molecule has 6 nitrogen and oxygen atoms in total. The number of carboxylic acid groups (broad SMARTS) is 1. The first-order valence-electron chi connectivity index (χ1n) is 7.93. The Balaban J connectivity index is 1.74. The molecular weight excluding hydrogens is 322 g/mol. The van der Waals surface area contributed by atoms with Crippen molar-refractivity contribution in [3.8, 4) is 11.5 Å². The topological polar surface area (TPSA) is 84.9 Å². The number of aliphatic carboxylic acids is 1. The maximum Gasteiger partial charge on any atom is 0.305 e. The van der Waals surface area contributed by atoms with Crippen molar-refractivity contribution < 1.29 is 24.2 Å². The summed E-state index contributed by atoms with van der Waals surface area (Å²) in [7, 11) is 0. The Labute approximate surface area is 146 Å². The number of hydrogen-bond acceptors (Lipinski definition) is 4. The average molecular weight is 343 g/mol. The van der Waals surface area contributed by atoms with Crippen LogP contribution in [0.4, 0.5) is 0 Å². The van der Waals surface area contributed by atoms with Crippen LogP contribution in [0.15, 0.2) is 54.6 Å². The molecule has 132 valence electrons. The van der Waals surface area contributed by atoms with E-state index < -0.39 is 12.0 Å². The van der Waals surface area contributed by atoms with Gasteiger partial charge in [0.25, 0.3) is 5.91 Å². The van der Waals surface area contributed by atoms with Crippen molar-refractivity contribution >= 4 is 11.9 Å². The molecule has 2 N–H and O–H groups in total. The van der Waals surface area contributed by atoms with Crippen LogP contribution in [-0.4, -0.2) is 29.6 Å². The van der Waals surface area contributed by atoms with Gasteiger partial charge in [-0.1, -0.05) is 30.3 Å². The van der Waals surface area contributed by atoms with Crippen LogP contribution in [0.1, 0.15) is 18.9 Å². The summed E-state index contributed by atoms with van der Waals surface area (Å²) in [6, 6.07) is 16.4. The van der Waals surface area contributed by atoms with Crippen molar-refractivity contribution in [3.63, 3.8) is 0 Å². The zero-order chi connectivity index (χ0) is 18.1. The molecule has 0 spiro atoms. The van der Waals surface area contributed by atoms with Gasteiger partial charge in [0.05, 0.1) is 6.42 Å². The predicted molar refractivity (Wildman–Crippen MR) is 92.6 cm³/mol. The van der Waals surface area contributed by atoms with E-state index in [0.29, 0.717) is 18.1 Å². The Bertz CT molecular complexity index is 685. The highest BCUT2D eigenvalue weighted by Crippen LogP contribution is 2.18. The zero-order valence-corrected chi connectivity index (χ0v) is 14.0. The lowest BCUT2D eigenvalue weighted by Gasteiger charge is -2.12. The van der Waals surface area contributed by atoms with Crippen LogP contribution in [0.3, 0.4) is 0 Å². The number of carbonyl (C=O) groups excluding carboxylic acids is 1. The Morgan fingerprint density at radius 2 is 1.60 bits per heavy atom. The maximum atomic E-state index is 11.7. The molecule has 2 rings (SSSR count). The summed E-state index contributed by atoms with van der Waals surface area (Å²) in [5.41, 5.74) is 1.08. The monoisotopic (exact) mass is 343 g/mol. The minimum absolute atomic E-state index is 0.126. The number of ether oxygens (including phenoxy) is 2. The van der Waals surface area contributed by atoms with Gasteiger partial charge in [-0.3, -0.25) is 9.59 Å². The van der Waals surface area contributed by atoms with Crippen molar-refractivity contribution in [2.75, 3.05) is 6.61 Å². The van der Waals surface area contributed by atoms with Gasteiger partial charge in [-0.2, -0.15) is 0 Å². The summed E-state index contributed by atoms with van der Waals surface area (Å²) in [5.74, 6) is -0.0817. The number of nitrogens with one attached hydrogen (secondary N) is 1. The van der Waals surface area contributed by atoms with Gasteiger partial charge in [-0.05, 0) is 36.8 Å².